The lowest BCUT2D eigenvalue weighted by atomic mass is 9.81. The number of anilines is 1. The second-order valence-corrected chi connectivity index (χ2v) is 8.97. The topological polar surface area (TPSA) is 48.1 Å². The lowest BCUT2D eigenvalue weighted by molar-refractivity contribution is 0.102. The minimum atomic E-state index is -0.343. The Balaban J connectivity index is 1.53. The molecule has 0 unspecified atom stereocenters. The molecule has 158 valence electrons. The van der Waals surface area contributed by atoms with Crippen LogP contribution in [0, 0.1) is 12.7 Å². The Labute approximate surface area is 181 Å². The third-order valence-electron chi connectivity index (χ3n) is 6.27. The Morgan fingerprint density at radius 3 is 2.53 bits per heavy atom. The van der Waals surface area contributed by atoms with Gasteiger partial charge in [-0.15, -0.1) is 0 Å². The van der Waals surface area contributed by atoms with E-state index in [1.54, 1.807) is 18.2 Å². The van der Waals surface area contributed by atoms with Gasteiger partial charge in [0.2, 0.25) is 0 Å². The highest BCUT2D eigenvalue weighted by atomic mass is 35.5. The molecule has 1 aromatic heterocycles. The van der Waals surface area contributed by atoms with Gasteiger partial charge in [-0.3, -0.25) is 4.79 Å². The number of amides is 1. The number of nitrogens with one attached hydrogen (secondary N) is 2. The number of halogens is 2. The Bertz CT molecular complexity index is 1040. The SMILES string of the molecule is Cc1ccc(F)c2cc(C(=O)Nc3cc(Cl)cc(C4CCC(N(C)C)CC4)c3)[nH]c12. The Hall–Kier alpha value is -2.37. The van der Waals surface area contributed by atoms with Gasteiger partial charge in [-0.2, -0.15) is 0 Å². The van der Waals surface area contributed by atoms with Gasteiger partial charge < -0.3 is 15.2 Å². The molecule has 0 saturated heterocycles. The highest BCUT2D eigenvalue weighted by Crippen LogP contribution is 2.36. The molecule has 1 heterocycles. The third kappa shape index (κ3) is 4.23. The highest BCUT2D eigenvalue weighted by Gasteiger charge is 2.24. The summed E-state index contributed by atoms with van der Waals surface area (Å²) < 4.78 is 14.1. The fourth-order valence-electron chi connectivity index (χ4n) is 4.49. The summed E-state index contributed by atoms with van der Waals surface area (Å²) >= 11 is 6.37. The van der Waals surface area contributed by atoms with E-state index in [-0.39, 0.29) is 11.7 Å². The molecule has 2 aromatic carbocycles. The van der Waals surface area contributed by atoms with Gasteiger partial charge >= 0.3 is 0 Å². The number of benzene rings is 2. The molecule has 2 N–H and O–H groups in total. The molecule has 0 radical (unpaired) electrons. The summed E-state index contributed by atoms with van der Waals surface area (Å²) in [5, 5.41) is 3.95. The molecular formula is C24H27ClFN3O. The zero-order valence-electron chi connectivity index (χ0n) is 17.6. The number of carbonyl (C=O) groups excluding carboxylic acids is 1. The first-order valence-corrected chi connectivity index (χ1v) is 10.8. The molecule has 0 bridgehead atoms. The van der Waals surface area contributed by atoms with Gasteiger partial charge in [0.05, 0.1) is 5.52 Å². The van der Waals surface area contributed by atoms with Crippen LogP contribution >= 0.6 is 11.6 Å². The Kier molecular flexibility index (Phi) is 5.85. The van der Waals surface area contributed by atoms with Gasteiger partial charge in [-0.05, 0) is 94.1 Å². The standard InChI is InChI=1S/C24H27ClFN3O/c1-14-4-9-21(26)20-13-22(28-23(14)20)24(30)27-18-11-16(10-17(25)12-18)15-5-7-19(8-6-15)29(2)3/h4,9-13,15,19,28H,5-8H2,1-3H3,(H,27,30). The van der Waals surface area contributed by atoms with Crippen molar-refractivity contribution in [2.24, 2.45) is 0 Å². The van der Waals surface area contributed by atoms with Crippen molar-refractivity contribution in [1.29, 1.82) is 0 Å². The number of hydrogen-bond acceptors (Lipinski definition) is 2. The van der Waals surface area contributed by atoms with Crippen molar-refractivity contribution < 1.29 is 9.18 Å². The lowest BCUT2D eigenvalue weighted by Crippen LogP contribution is -2.31. The van der Waals surface area contributed by atoms with Crippen LogP contribution in [-0.2, 0) is 0 Å². The molecule has 4 nitrogen and oxygen atoms in total. The van der Waals surface area contributed by atoms with Crippen LogP contribution < -0.4 is 5.32 Å². The second kappa shape index (κ2) is 8.40. The van der Waals surface area contributed by atoms with Gasteiger partial charge in [0, 0.05) is 22.1 Å². The molecule has 0 spiro atoms. The largest absolute Gasteiger partial charge is 0.350 e. The zero-order valence-corrected chi connectivity index (χ0v) is 18.3. The number of carbonyl (C=O) groups is 1. The van der Waals surface area contributed by atoms with Gasteiger partial charge in [-0.25, -0.2) is 4.39 Å². The van der Waals surface area contributed by atoms with Crippen LogP contribution in [-0.4, -0.2) is 35.9 Å². The minimum Gasteiger partial charge on any atom is -0.350 e. The van der Waals surface area contributed by atoms with Crippen molar-refractivity contribution in [2.45, 2.75) is 44.6 Å². The van der Waals surface area contributed by atoms with Crippen LogP contribution in [0.25, 0.3) is 10.9 Å². The van der Waals surface area contributed by atoms with Crippen molar-refractivity contribution in [2.75, 3.05) is 19.4 Å². The van der Waals surface area contributed by atoms with E-state index in [2.05, 4.69) is 29.3 Å². The monoisotopic (exact) mass is 427 g/mol. The fourth-order valence-corrected chi connectivity index (χ4v) is 4.74. The molecule has 3 aromatic rings. The highest BCUT2D eigenvalue weighted by molar-refractivity contribution is 6.31. The summed E-state index contributed by atoms with van der Waals surface area (Å²) in [5.41, 5.74) is 3.68. The van der Waals surface area contributed by atoms with Crippen LogP contribution in [0.3, 0.4) is 0 Å². The van der Waals surface area contributed by atoms with E-state index in [9.17, 15) is 9.18 Å². The van der Waals surface area contributed by atoms with Crippen molar-refractivity contribution in [3.63, 3.8) is 0 Å². The molecule has 1 aliphatic rings. The van der Waals surface area contributed by atoms with Gasteiger partial charge in [0.1, 0.15) is 11.5 Å². The molecule has 1 fully saturated rings. The predicted octanol–water partition coefficient (Wildman–Crippen LogP) is 6.11. The zero-order chi connectivity index (χ0) is 21.4. The Morgan fingerprint density at radius 2 is 1.87 bits per heavy atom. The van der Waals surface area contributed by atoms with Crippen LogP contribution in [0.5, 0.6) is 0 Å². The quantitative estimate of drug-likeness (QED) is 0.527. The first-order chi connectivity index (χ1) is 14.3. The number of nitrogens with zero attached hydrogens (tertiary/aromatic N) is 1. The second-order valence-electron chi connectivity index (χ2n) is 8.53. The van der Waals surface area contributed by atoms with E-state index in [0.717, 1.165) is 36.8 Å². The molecular weight excluding hydrogens is 401 g/mol. The number of H-pyrrole nitrogens is 1. The predicted molar refractivity (Wildman–Crippen MR) is 121 cm³/mol. The van der Waals surface area contributed by atoms with Gasteiger partial charge in [0.25, 0.3) is 5.91 Å². The third-order valence-corrected chi connectivity index (χ3v) is 6.49. The molecule has 6 heteroatoms. The van der Waals surface area contributed by atoms with E-state index < -0.39 is 0 Å². The average molecular weight is 428 g/mol. The van der Waals surface area contributed by atoms with Crippen LogP contribution in [0.15, 0.2) is 36.4 Å². The molecule has 0 atom stereocenters. The maximum atomic E-state index is 14.1. The van der Waals surface area contributed by atoms with E-state index >= 15 is 0 Å². The molecule has 30 heavy (non-hydrogen) atoms. The van der Waals surface area contributed by atoms with E-state index in [4.69, 9.17) is 11.6 Å². The smallest absolute Gasteiger partial charge is 0.272 e. The van der Waals surface area contributed by atoms with Gasteiger partial charge in [0.15, 0.2) is 0 Å². The van der Waals surface area contributed by atoms with Crippen molar-refractivity contribution in [3.8, 4) is 0 Å². The number of hydrogen-bond donors (Lipinski definition) is 2. The van der Waals surface area contributed by atoms with Gasteiger partial charge in [-0.1, -0.05) is 17.7 Å². The van der Waals surface area contributed by atoms with E-state index in [1.165, 1.54) is 6.07 Å². The summed E-state index contributed by atoms with van der Waals surface area (Å²) in [7, 11) is 4.27. The van der Waals surface area contributed by atoms with Crippen LogP contribution in [0.1, 0.15) is 53.2 Å². The number of aromatic nitrogens is 1. The molecule has 1 aliphatic carbocycles. The summed E-state index contributed by atoms with van der Waals surface area (Å²) in [6, 6.07) is 11.1. The lowest BCUT2D eigenvalue weighted by Gasteiger charge is -2.33. The van der Waals surface area contributed by atoms with Crippen LogP contribution in [0.4, 0.5) is 10.1 Å². The summed E-state index contributed by atoms with van der Waals surface area (Å²) in [4.78, 5) is 18.1. The van der Waals surface area contributed by atoms with E-state index in [1.807, 2.05) is 19.1 Å². The summed E-state index contributed by atoms with van der Waals surface area (Å²) in [6.45, 7) is 1.88. The summed E-state index contributed by atoms with van der Waals surface area (Å²) in [6.07, 6.45) is 4.53. The summed E-state index contributed by atoms with van der Waals surface area (Å²) in [5.74, 6) is -0.209. The van der Waals surface area contributed by atoms with E-state index in [0.29, 0.717) is 39.3 Å². The maximum Gasteiger partial charge on any atom is 0.272 e. The first-order valence-electron chi connectivity index (χ1n) is 10.4. The molecule has 0 aliphatic heterocycles. The first kappa shape index (κ1) is 20.9. The number of aromatic amines is 1. The minimum absolute atomic E-state index is 0.311. The molecule has 1 saturated carbocycles. The van der Waals surface area contributed by atoms with Crippen molar-refractivity contribution >= 4 is 34.1 Å². The number of aryl methyl sites for hydroxylation is 1. The molecule has 1 amide bonds. The number of rotatable bonds is 4. The maximum absolute atomic E-state index is 14.1. The molecule has 4 rings (SSSR count). The van der Waals surface area contributed by atoms with Crippen molar-refractivity contribution in [3.05, 3.63) is 64.1 Å². The average Bonchev–Trinajstić information content (AvgIpc) is 3.17. The normalized spacial score (nSPS) is 19.4. The van der Waals surface area contributed by atoms with Crippen molar-refractivity contribution in [1.82, 2.24) is 9.88 Å². The van der Waals surface area contributed by atoms with Crippen LogP contribution in [0.2, 0.25) is 5.02 Å². The fraction of sp³-hybridized carbons (Fsp3) is 0.375. The Morgan fingerprint density at radius 1 is 1.13 bits per heavy atom. The number of fused-ring (bicyclic) bond motifs is 1.